The van der Waals surface area contributed by atoms with Crippen LogP contribution in [0.3, 0.4) is 0 Å². The molecule has 0 fully saturated rings. The van der Waals surface area contributed by atoms with Crippen LogP contribution in [0.15, 0.2) is 42.5 Å². The number of hydrogen-bond donors (Lipinski definition) is 0. The number of nitrogens with zero attached hydrogens (tertiary/aromatic N) is 2. The third kappa shape index (κ3) is 2.49. The number of methoxy groups -OCH3 is 1. The molecule has 2 aromatic carbocycles. The second-order valence-corrected chi connectivity index (χ2v) is 5.14. The summed E-state index contributed by atoms with van der Waals surface area (Å²) in [6, 6.07) is 14.2. The fourth-order valence-electron chi connectivity index (χ4n) is 2.57. The average molecular weight is 301 g/mol. The zero-order valence-corrected chi connectivity index (χ0v) is 12.9. The number of rotatable bonds is 4. The lowest BCUT2D eigenvalue weighted by Crippen LogP contribution is -1.97. The minimum atomic E-state index is 0.508. The zero-order valence-electron chi connectivity index (χ0n) is 12.1. The molecule has 0 N–H and O–H groups in total. The molecule has 3 aromatic rings. The van der Waals surface area contributed by atoms with E-state index in [2.05, 4.69) is 29.7 Å². The smallest absolute Gasteiger partial charge is 0.141 e. The topological polar surface area (TPSA) is 27.1 Å². The van der Waals surface area contributed by atoms with Crippen LogP contribution in [-0.4, -0.2) is 16.7 Å². The Balaban J connectivity index is 2.21. The number of imidazole rings is 1. The van der Waals surface area contributed by atoms with E-state index in [-0.39, 0.29) is 0 Å². The molecule has 0 bridgehead atoms. The first-order valence-electron chi connectivity index (χ1n) is 6.96. The van der Waals surface area contributed by atoms with Gasteiger partial charge in [0.05, 0.1) is 18.1 Å². The van der Waals surface area contributed by atoms with Crippen LogP contribution in [0, 0.1) is 0 Å². The van der Waals surface area contributed by atoms with Gasteiger partial charge in [-0.15, -0.1) is 11.6 Å². The number of fused-ring (bicyclic) bond motifs is 1. The Bertz CT molecular complexity index is 780. The summed E-state index contributed by atoms with van der Waals surface area (Å²) in [5, 5.41) is 0. The van der Waals surface area contributed by atoms with Crippen molar-refractivity contribution in [2.24, 2.45) is 0 Å². The summed E-state index contributed by atoms with van der Waals surface area (Å²) in [5.74, 6) is 2.30. The van der Waals surface area contributed by atoms with E-state index in [9.17, 15) is 0 Å². The summed E-state index contributed by atoms with van der Waals surface area (Å²) in [6.45, 7) is 2.99. The van der Waals surface area contributed by atoms with E-state index < -0.39 is 0 Å². The van der Waals surface area contributed by atoms with Gasteiger partial charge in [0, 0.05) is 24.1 Å². The maximum absolute atomic E-state index is 5.93. The van der Waals surface area contributed by atoms with Gasteiger partial charge in [-0.1, -0.05) is 18.2 Å². The van der Waals surface area contributed by atoms with Gasteiger partial charge in [0.15, 0.2) is 0 Å². The van der Waals surface area contributed by atoms with Crippen LogP contribution in [0.5, 0.6) is 5.75 Å². The van der Waals surface area contributed by atoms with Crippen molar-refractivity contribution in [1.82, 2.24) is 9.55 Å². The first-order valence-corrected chi connectivity index (χ1v) is 7.49. The van der Waals surface area contributed by atoms with Crippen molar-refractivity contribution in [3.05, 3.63) is 48.0 Å². The van der Waals surface area contributed by atoms with Crippen molar-refractivity contribution >= 4 is 22.6 Å². The van der Waals surface area contributed by atoms with E-state index in [1.54, 1.807) is 7.11 Å². The summed E-state index contributed by atoms with van der Waals surface area (Å²) < 4.78 is 7.49. The molecule has 0 amide bonds. The Morgan fingerprint density at radius 1 is 1.19 bits per heavy atom. The number of aryl methyl sites for hydroxylation is 1. The van der Waals surface area contributed by atoms with Crippen LogP contribution in [0.2, 0.25) is 0 Å². The largest absolute Gasteiger partial charge is 0.497 e. The Kier molecular flexibility index (Phi) is 3.84. The second kappa shape index (κ2) is 5.78. The number of alkyl halides is 1. The van der Waals surface area contributed by atoms with E-state index in [1.807, 2.05) is 24.3 Å². The van der Waals surface area contributed by atoms with Crippen molar-refractivity contribution in [3.63, 3.8) is 0 Å². The molecule has 0 unspecified atom stereocenters. The number of aromatic nitrogens is 2. The van der Waals surface area contributed by atoms with Crippen LogP contribution in [-0.2, 0) is 12.4 Å². The number of benzene rings is 2. The molecule has 0 atom stereocenters. The van der Waals surface area contributed by atoms with Gasteiger partial charge in [-0.25, -0.2) is 4.98 Å². The standard InChI is InChI=1S/C17H17ClN2O/c1-3-20-16-8-7-14(21-2)10-15(16)19-17(20)13-6-4-5-12(9-13)11-18/h4-10H,3,11H2,1-2H3. The van der Waals surface area contributed by atoms with Crippen molar-refractivity contribution < 1.29 is 4.74 Å². The third-order valence-electron chi connectivity index (χ3n) is 3.61. The lowest BCUT2D eigenvalue weighted by molar-refractivity contribution is 0.415. The van der Waals surface area contributed by atoms with Gasteiger partial charge in [0.1, 0.15) is 11.6 Å². The highest BCUT2D eigenvalue weighted by molar-refractivity contribution is 6.17. The Hall–Kier alpha value is -2.00. The predicted octanol–water partition coefficient (Wildman–Crippen LogP) is 4.47. The zero-order chi connectivity index (χ0) is 14.8. The summed E-state index contributed by atoms with van der Waals surface area (Å²) in [4.78, 5) is 4.78. The first-order chi connectivity index (χ1) is 10.3. The summed E-state index contributed by atoms with van der Waals surface area (Å²) in [7, 11) is 1.67. The molecule has 1 heterocycles. The highest BCUT2D eigenvalue weighted by Crippen LogP contribution is 2.28. The molecule has 21 heavy (non-hydrogen) atoms. The molecule has 0 aliphatic rings. The van der Waals surface area contributed by atoms with Gasteiger partial charge in [0.25, 0.3) is 0 Å². The first kappa shape index (κ1) is 14.0. The Labute approximate surface area is 129 Å². The molecule has 0 spiro atoms. The lowest BCUT2D eigenvalue weighted by Gasteiger charge is -2.07. The molecule has 1 aromatic heterocycles. The Morgan fingerprint density at radius 3 is 2.76 bits per heavy atom. The average Bonchev–Trinajstić information content (AvgIpc) is 2.92. The molecule has 4 heteroatoms. The molecule has 0 aliphatic carbocycles. The number of hydrogen-bond acceptors (Lipinski definition) is 2. The van der Waals surface area contributed by atoms with Gasteiger partial charge < -0.3 is 9.30 Å². The molecular formula is C17H17ClN2O. The van der Waals surface area contributed by atoms with Crippen molar-refractivity contribution in [1.29, 1.82) is 0 Å². The van der Waals surface area contributed by atoms with E-state index in [0.717, 1.165) is 40.3 Å². The number of ether oxygens (including phenoxy) is 1. The van der Waals surface area contributed by atoms with Gasteiger partial charge >= 0.3 is 0 Å². The number of halogens is 1. The summed E-state index contributed by atoms with van der Waals surface area (Å²) in [5.41, 5.74) is 4.25. The van der Waals surface area contributed by atoms with Gasteiger partial charge in [-0.2, -0.15) is 0 Å². The van der Waals surface area contributed by atoms with E-state index >= 15 is 0 Å². The predicted molar refractivity (Wildman–Crippen MR) is 87.0 cm³/mol. The maximum atomic E-state index is 5.93. The van der Waals surface area contributed by atoms with Crippen LogP contribution in [0.4, 0.5) is 0 Å². The molecule has 0 aliphatic heterocycles. The second-order valence-electron chi connectivity index (χ2n) is 4.87. The minimum Gasteiger partial charge on any atom is -0.497 e. The quantitative estimate of drug-likeness (QED) is 0.665. The van der Waals surface area contributed by atoms with E-state index in [1.165, 1.54) is 0 Å². The van der Waals surface area contributed by atoms with Gasteiger partial charge in [0.2, 0.25) is 0 Å². The highest BCUT2D eigenvalue weighted by Gasteiger charge is 2.12. The van der Waals surface area contributed by atoms with Gasteiger partial charge in [-0.05, 0) is 30.7 Å². The summed E-state index contributed by atoms with van der Waals surface area (Å²) in [6.07, 6.45) is 0. The molecule has 3 nitrogen and oxygen atoms in total. The SMILES string of the molecule is CCn1c(-c2cccc(CCl)c2)nc2cc(OC)ccc21. The molecule has 3 rings (SSSR count). The normalized spacial score (nSPS) is 11.0. The van der Waals surface area contributed by atoms with Crippen molar-refractivity contribution in [2.75, 3.05) is 7.11 Å². The minimum absolute atomic E-state index is 0.508. The third-order valence-corrected chi connectivity index (χ3v) is 3.92. The maximum Gasteiger partial charge on any atom is 0.141 e. The van der Waals surface area contributed by atoms with Gasteiger partial charge in [-0.3, -0.25) is 0 Å². The van der Waals surface area contributed by atoms with E-state index in [4.69, 9.17) is 21.3 Å². The molecule has 0 saturated carbocycles. The van der Waals surface area contributed by atoms with Crippen molar-refractivity contribution in [2.45, 2.75) is 19.3 Å². The lowest BCUT2D eigenvalue weighted by atomic mass is 10.1. The Morgan fingerprint density at radius 2 is 2.05 bits per heavy atom. The molecule has 0 saturated heterocycles. The van der Waals surface area contributed by atoms with Crippen LogP contribution in [0.25, 0.3) is 22.4 Å². The van der Waals surface area contributed by atoms with Crippen molar-refractivity contribution in [3.8, 4) is 17.1 Å². The molecular weight excluding hydrogens is 284 g/mol. The van der Waals surface area contributed by atoms with Crippen LogP contribution in [0.1, 0.15) is 12.5 Å². The van der Waals surface area contributed by atoms with Crippen LogP contribution >= 0.6 is 11.6 Å². The summed E-state index contributed by atoms with van der Waals surface area (Å²) >= 11 is 5.93. The highest BCUT2D eigenvalue weighted by atomic mass is 35.5. The van der Waals surface area contributed by atoms with E-state index in [0.29, 0.717) is 5.88 Å². The monoisotopic (exact) mass is 300 g/mol. The molecule has 108 valence electrons. The fourth-order valence-corrected chi connectivity index (χ4v) is 2.74. The fraction of sp³-hybridized carbons (Fsp3) is 0.235. The van der Waals surface area contributed by atoms with Crippen LogP contribution < -0.4 is 4.74 Å². The molecule has 0 radical (unpaired) electrons.